The van der Waals surface area contributed by atoms with Gasteiger partial charge in [-0.1, -0.05) is 111 Å². The Bertz CT molecular complexity index is 2180. The molecule has 1 heterocycles. The molecule has 0 bridgehead atoms. The lowest BCUT2D eigenvalue weighted by Crippen LogP contribution is -2.60. The van der Waals surface area contributed by atoms with Crippen LogP contribution in [0.15, 0.2) is 0 Å². The molecule has 7 amide bonds. The van der Waals surface area contributed by atoms with Gasteiger partial charge >= 0.3 is 29.8 Å². The minimum atomic E-state index is -2.07. The largest absolute Gasteiger partial charge is 0.451 e. The molecular formula is C54H91N7O18. The van der Waals surface area contributed by atoms with Crippen molar-refractivity contribution >= 4 is 71.2 Å². The standard InChI is InChI=1S/C54H91N7O18/c1-22(2)33-45(65)55-30(17)42(62)57-35(24(5)6)50(70)79-40(29(15)16)48(68)61-41(54(20,21)74)53(73)76-32(19)44(64)59-37(26(9)10)52(72)78-39(28(13)14)47(67)60-34(23(3)4)49(69)75-31(18)43(63)58-36(25(7)8)51(71)77-38(27(11)12)46(66)56-33/h22-41,74H,1-21H3,(H,55,65)(H,56,66)(H,57,62)(H,58,63)(H,59,64)(H,60,67)(H,61,68)/t30-,31+,32+,33-,34-,35+,36+,37+,38-,39-,40-,41+/m1/s1. The molecule has 0 spiro atoms. The first-order chi connectivity index (χ1) is 36.2. The van der Waals surface area contributed by atoms with Crippen molar-refractivity contribution in [3.8, 4) is 0 Å². The molecular weight excluding hydrogens is 1030 g/mol. The van der Waals surface area contributed by atoms with Crippen LogP contribution in [-0.4, -0.2) is 155 Å². The third kappa shape index (κ3) is 21.3. The lowest BCUT2D eigenvalue weighted by molar-refractivity contribution is -0.168. The summed E-state index contributed by atoms with van der Waals surface area (Å²) < 4.78 is 27.9. The second-order valence-electron chi connectivity index (χ2n) is 23.4. The van der Waals surface area contributed by atoms with Crippen LogP contribution in [0, 0.1) is 47.3 Å². The minimum absolute atomic E-state index is 0.603. The molecule has 8 N–H and O–H groups in total. The SMILES string of the molecule is CC(C)[C@@H]1NC(=O)[C@H](C)OC(=O)[C@@H](C(C)C)NC(=O)[C@@H](C(C)C)OC(=O)[C@H](C(C)C)NC(=O)[C@H](C)OC(=O)[C@@H](C(C)(C)O)NC(=O)[C@@H](C(C)C)OC(=O)[C@H](C(C)C)NC(=O)[C@@H](C)NC(=O)[C@@H](C(C)C)NC(=O)[C@@H](C(C)C)OC1=O. The van der Waals surface area contributed by atoms with Crippen molar-refractivity contribution in [2.75, 3.05) is 0 Å². The van der Waals surface area contributed by atoms with Gasteiger partial charge in [-0.15, -0.1) is 0 Å². The Morgan fingerprint density at radius 2 is 0.570 bits per heavy atom. The molecule has 25 nitrogen and oxygen atoms in total. The second kappa shape index (κ2) is 30.8. The number of hydrogen-bond acceptors (Lipinski definition) is 18. The van der Waals surface area contributed by atoms with Gasteiger partial charge in [0.2, 0.25) is 11.8 Å². The van der Waals surface area contributed by atoms with E-state index in [1.54, 1.807) is 96.9 Å². The number of nitrogens with one attached hydrogen (secondary N) is 7. The van der Waals surface area contributed by atoms with E-state index in [4.69, 9.17) is 23.7 Å². The number of ether oxygens (including phenoxy) is 5. The molecule has 0 aromatic heterocycles. The number of cyclic esters (lactones) is 5. The number of hydrogen-bond donors (Lipinski definition) is 8. The molecule has 0 unspecified atom stereocenters. The Labute approximate surface area is 464 Å². The summed E-state index contributed by atoms with van der Waals surface area (Å²) in [5.74, 6) is -17.5. The topological polar surface area (TPSA) is 355 Å². The van der Waals surface area contributed by atoms with E-state index in [1.165, 1.54) is 41.5 Å². The molecule has 450 valence electrons. The number of rotatable bonds is 9. The maximum absolute atomic E-state index is 13.9. The highest BCUT2D eigenvalue weighted by Gasteiger charge is 2.43. The first-order valence-electron chi connectivity index (χ1n) is 27.0. The van der Waals surface area contributed by atoms with Gasteiger partial charge < -0.3 is 66.0 Å². The van der Waals surface area contributed by atoms with E-state index >= 15 is 0 Å². The van der Waals surface area contributed by atoms with E-state index in [-0.39, 0.29) is 0 Å². The van der Waals surface area contributed by atoms with Crippen LogP contribution in [0.5, 0.6) is 0 Å². The van der Waals surface area contributed by atoms with Crippen molar-refractivity contribution in [2.24, 2.45) is 47.3 Å². The predicted octanol–water partition coefficient (Wildman–Crippen LogP) is 1.03. The van der Waals surface area contributed by atoms with Crippen LogP contribution in [0.4, 0.5) is 0 Å². The van der Waals surface area contributed by atoms with E-state index in [9.17, 15) is 62.6 Å². The summed E-state index contributed by atoms with van der Waals surface area (Å²) in [7, 11) is 0. The first-order valence-corrected chi connectivity index (χ1v) is 27.0. The zero-order valence-electron chi connectivity index (χ0n) is 49.9. The number of carbonyl (C=O) groups excluding carboxylic acids is 12. The van der Waals surface area contributed by atoms with Crippen LogP contribution in [0.2, 0.25) is 0 Å². The average Bonchev–Trinajstić information content (AvgIpc) is 3.31. The van der Waals surface area contributed by atoms with Crippen molar-refractivity contribution in [2.45, 2.75) is 224 Å². The van der Waals surface area contributed by atoms with E-state index in [1.807, 2.05) is 0 Å². The van der Waals surface area contributed by atoms with Crippen molar-refractivity contribution in [3.05, 3.63) is 0 Å². The summed E-state index contributed by atoms with van der Waals surface area (Å²) in [4.78, 5) is 165. The van der Waals surface area contributed by atoms with Crippen molar-refractivity contribution < 1.29 is 86.3 Å². The van der Waals surface area contributed by atoms with Crippen molar-refractivity contribution in [1.29, 1.82) is 0 Å². The quantitative estimate of drug-likeness (QED) is 0.118. The molecule has 1 aliphatic rings. The van der Waals surface area contributed by atoms with Gasteiger partial charge in [-0.2, -0.15) is 0 Å². The van der Waals surface area contributed by atoms with Gasteiger partial charge in [-0.25, -0.2) is 24.0 Å². The molecule has 1 fully saturated rings. The van der Waals surface area contributed by atoms with Crippen molar-refractivity contribution in [3.63, 3.8) is 0 Å². The summed E-state index contributed by atoms with van der Waals surface area (Å²) in [5, 5.41) is 28.6. The van der Waals surface area contributed by atoms with Gasteiger partial charge in [0, 0.05) is 0 Å². The maximum atomic E-state index is 13.9. The van der Waals surface area contributed by atoms with E-state index in [0.29, 0.717) is 0 Å². The van der Waals surface area contributed by atoms with Gasteiger partial charge in [0.05, 0.1) is 5.60 Å². The molecule has 25 heteroatoms. The van der Waals surface area contributed by atoms with E-state index in [2.05, 4.69) is 37.2 Å². The van der Waals surface area contributed by atoms with E-state index in [0.717, 1.165) is 6.92 Å². The number of esters is 5. The molecule has 12 atom stereocenters. The molecule has 1 saturated heterocycles. The van der Waals surface area contributed by atoms with E-state index < -0.39 is 197 Å². The Morgan fingerprint density at radius 3 is 0.861 bits per heavy atom. The summed E-state index contributed by atoms with van der Waals surface area (Å²) in [6, 6.07) is -10.2. The lowest BCUT2D eigenvalue weighted by atomic mass is 9.97. The summed E-state index contributed by atoms with van der Waals surface area (Å²) in [6.45, 7) is 31.1. The van der Waals surface area contributed by atoms with Gasteiger partial charge in [0.1, 0.15) is 36.3 Å². The zero-order chi connectivity index (χ0) is 61.5. The van der Waals surface area contributed by atoms with Gasteiger partial charge in [0.25, 0.3) is 29.5 Å². The molecule has 1 rings (SSSR count). The summed E-state index contributed by atoms with van der Waals surface area (Å²) in [6.07, 6.45) is -7.95. The van der Waals surface area contributed by atoms with Gasteiger partial charge in [0.15, 0.2) is 36.6 Å². The van der Waals surface area contributed by atoms with Crippen LogP contribution < -0.4 is 37.2 Å². The number of carbonyl (C=O) groups is 12. The Balaban J connectivity index is 3.91. The highest BCUT2D eigenvalue weighted by Crippen LogP contribution is 2.20. The van der Waals surface area contributed by atoms with Crippen LogP contribution in [0.25, 0.3) is 0 Å². The average molecular weight is 1130 g/mol. The molecule has 0 aliphatic carbocycles. The number of aliphatic hydroxyl groups is 1. The summed E-state index contributed by atoms with van der Waals surface area (Å²) >= 11 is 0. The monoisotopic (exact) mass is 1130 g/mol. The lowest BCUT2D eigenvalue weighted by Gasteiger charge is -2.32. The third-order valence-electron chi connectivity index (χ3n) is 12.7. The highest BCUT2D eigenvalue weighted by atomic mass is 16.6. The Kier molecular flexibility index (Phi) is 27.6. The van der Waals surface area contributed by atoms with Crippen LogP contribution in [-0.2, 0) is 81.2 Å². The first kappa shape index (κ1) is 70.6. The second-order valence-corrected chi connectivity index (χ2v) is 23.4. The highest BCUT2D eigenvalue weighted by molar-refractivity contribution is 5.97. The third-order valence-corrected chi connectivity index (χ3v) is 12.7. The maximum Gasteiger partial charge on any atom is 0.332 e. The molecule has 1 aliphatic heterocycles. The Morgan fingerprint density at radius 1 is 0.316 bits per heavy atom. The molecule has 79 heavy (non-hydrogen) atoms. The van der Waals surface area contributed by atoms with Crippen LogP contribution >= 0.6 is 0 Å². The summed E-state index contributed by atoms with van der Waals surface area (Å²) in [5.41, 5.74) is -2.07. The molecule has 0 saturated carbocycles. The molecule has 0 aromatic carbocycles. The molecule has 0 radical (unpaired) electrons. The van der Waals surface area contributed by atoms with Gasteiger partial charge in [-0.05, 0) is 82.0 Å². The van der Waals surface area contributed by atoms with Crippen LogP contribution in [0.1, 0.15) is 145 Å². The molecule has 0 aromatic rings. The fraction of sp³-hybridized carbons (Fsp3) is 0.778. The zero-order valence-corrected chi connectivity index (χ0v) is 49.9. The smallest absolute Gasteiger partial charge is 0.332 e. The predicted molar refractivity (Wildman–Crippen MR) is 285 cm³/mol. The Hall–Kier alpha value is -6.40. The fourth-order valence-electron chi connectivity index (χ4n) is 7.60. The van der Waals surface area contributed by atoms with Crippen LogP contribution in [0.3, 0.4) is 0 Å². The van der Waals surface area contributed by atoms with Crippen molar-refractivity contribution in [1.82, 2.24) is 37.2 Å². The number of amides is 7. The van der Waals surface area contributed by atoms with Gasteiger partial charge in [-0.3, -0.25) is 33.6 Å². The fourth-order valence-corrected chi connectivity index (χ4v) is 7.60. The normalized spacial score (nSPS) is 28.8. The minimum Gasteiger partial charge on any atom is -0.451 e.